The normalized spacial score (nSPS) is 13.5. The summed E-state index contributed by atoms with van der Waals surface area (Å²) in [7, 11) is 0. The highest BCUT2D eigenvalue weighted by atomic mass is 16.4. The van der Waals surface area contributed by atoms with Crippen molar-refractivity contribution in [3.63, 3.8) is 0 Å². The van der Waals surface area contributed by atoms with Crippen molar-refractivity contribution in [2.75, 3.05) is 17.6 Å². The van der Waals surface area contributed by atoms with Gasteiger partial charge in [-0.05, 0) is 13.3 Å². The van der Waals surface area contributed by atoms with E-state index in [0.717, 1.165) is 24.3 Å². The molecule has 0 spiro atoms. The molecule has 1 aliphatic rings. The monoisotopic (exact) mass is 193 g/mol. The number of aromatic carboxylic acids is 1. The Morgan fingerprint density at radius 2 is 2.36 bits per heavy atom. The smallest absolute Gasteiger partial charge is 0.339 e. The molecule has 0 amide bonds. The summed E-state index contributed by atoms with van der Waals surface area (Å²) in [5.74, 6) is -0.285. The Morgan fingerprint density at radius 1 is 1.64 bits per heavy atom. The molecule has 1 aromatic heterocycles. The zero-order valence-electron chi connectivity index (χ0n) is 7.79. The van der Waals surface area contributed by atoms with Crippen LogP contribution in [0.15, 0.2) is 0 Å². The summed E-state index contributed by atoms with van der Waals surface area (Å²) in [6, 6.07) is 0. The molecule has 5 heteroatoms. The zero-order valence-corrected chi connectivity index (χ0v) is 7.79. The van der Waals surface area contributed by atoms with E-state index in [1.54, 1.807) is 6.92 Å². The highest BCUT2D eigenvalue weighted by Crippen LogP contribution is 2.30. The maximum atomic E-state index is 10.9. The molecule has 2 rings (SSSR count). The molecule has 0 saturated carbocycles. The van der Waals surface area contributed by atoms with Gasteiger partial charge in [0.2, 0.25) is 0 Å². The molecule has 1 aliphatic heterocycles. The minimum Gasteiger partial charge on any atom is -0.478 e. The van der Waals surface area contributed by atoms with E-state index < -0.39 is 5.97 Å². The number of nitrogens with one attached hydrogen (secondary N) is 1. The third kappa shape index (κ3) is 1.09. The van der Waals surface area contributed by atoms with Crippen molar-refractivity contribution in [1.29, 1.82) is 0 Å². The number of carboxylic acid groups (broad SMARTS) is 1. The number of fused-ring (bicyclic) bond motifs is 1. The number of aromatic nitrogens is 1. The topological polar surface area (TPSA) is 88.2 Å². The van der Waals surface area contributed by atoms with E-state index in [0.29, 0.717) is 11.4 Å². The molecule has 0 unspecified atom stereocenters. The van der Waals surface area contributed by atoms with Crippen LogP contribution in [-0.2, 0) is 6.42 Å². The first-order valence-corrected chi connectivity index (χ1v) is 4.37. The lowest BCUT2D eigenvalue weighted by Crippen LogP contribution is -2.09. The standard InChI is InChI=1S/C9H11N3O2/c1-4-6(9(13)14)7(10)5-2-3-11-8(5)12-4/h2-3H2,1H3,(H,13,14)(H3,10,11,12). The van der Waals surface area contributed by atoms with Gasteiger partial charge in [-0.2, -0.15) is 0 Å². The van der Waals surface area contributed by atoms with Crippen LogP contribution in [0.2, 0.25) is 0 Å². The molecule has 74 valence electrons. The van der Waals surface area contributed by atoms with E-state index in [9.17, 15) is 4.79 Å². The average molecular weight is 193 g/mol. The van der Waals surface area contributed by atoms with E-state index >= 15 is 0 Å². The predicted molar refractivity (Wildman–Crippen MR) is 52.5 cm³/mol. The second kappa shape index (κ2) is 2.87. The number of nitrogens with two attached hydrogens (primary N) is 1. The van der Waals surface area contributed by atoms with Gasteiger partial charge in [0.25, 0.3) is 0 Å². The Kier molecular flexibility index (Phi) is 1.80. The van der Waals surface area contributed by atoms with Gasteiger partial charge in [-0.25, -0.2) is 9.78 Å². The average Bonchev–Trinajstić information content (AvgIpc) is 2.50. The van der Waals surface area contributed by atoms with Gasteiger partial charge in [0.15, 0.2) is 0 Å². The van der Waals surface area contributed by atoms with Gasteiger partial charge in [0.1, 0.15) is 11.4 Å². The molecule has 4 N–H and O–H groups in total. The molecule has 1 aromatic rings. The minimum absolute atomic E-state index is 0.132. The molecule has 2 heterocycles. The fourth-order valence-electron chi connectivity index (χ4n) is 1.74. The van der Waals surface area contributed by atoms with Gasteiger partial charge < -0.3 is 16.2 Å². The maximum Gasteiger partial charge on any atom is 0.339 e. The number of carboxylic acids is 1. The van der Waals surface area contributed by atoms with Crippen molar-refractivity contribution in [3.05, 3.63) is 16.8 Å². The van der Waals surface area contributed by atoms with Crippen LogP contribution in [-0.4, -0.2) is 22.6 Å². The van der Waals surface area contributed by atoms with Gasteiger partial charge in [-0.3, -0.25) is 0 Å². The summed E-state index contributed by atoms with van der Waals surface area (Å²) < 4.78 is 0. The van der Waals surface area contributed by atoms with Gasteiger partial charge in [-0.1, -0.05) is 0 Å². The predicted octanol–water partition coefficient (Wildman–Crippen LogP) is 0.638. The third-order valence-electron chi connectivity index (χ3n) is 2.40. The van der Waals surface area contributed by atoms with Gasteiger partial charge >= 0.3 is 5.97 Å². The summed E-state index contributed by atoms with van der Waals surface area (Å²) in [6.07, 6.45) is 0.745. The lowest BCUT2D eigenvalue weighted by Gasteiger charge is -2.09. The number of nitrogen functional groups attached to an aromatic ring is 1. The summed E-state index contributed by atoms with van der Waals surface area (Å²) in [6.45, 7) is 2.43. The SMILES string of the molecule is Cc1nc2c(c(N)c1C(=O)O)CCN2. The van der Waals surface area contributed by atoms with Crippen molar-refractivity contribution in [2.45, 2.75) is 13.3 Å². The van der Waals surface area contributed by atoms with Crippen LogP contribution >= 0.6 is 0 Å². The fourth-order valence-corrected chi connectivity index (χ4v) is 1.74. The van der Waals surface area contributed by atoms with Crippen LogP contribution in [0.3, 0.4) is 0 Å². The summed E-state index contributed by atoms with van der Waals surface area (Å²) >= 11 is 0. The lowest BCUT2D eigenvalue weighted by atomic mass is 10.1. The molecule has 0 bridgehead atoms. The number of hydrogen-bond acceptors (Lipinski definition) is 4. The van der Waals surface area contributed by atoms with E-state index in [4.69, 9.17) is 10.8 Å². The number of anilines is 2. The number of carbonyl (C=O) groups is 1. The van der Waals surface area contributed by atoms with Crippen molar-refractivity contribution in [2.24, 2.45) is 0 Å². The van der Waals surface area contributed by atoms with Crippen LogP contribution in [0, 0.1) is 6.92 Å². The molecule has 0 saturated heterocycles. The van der Waals surface area contributed by atoms with Crippen molar-refractivity contribution < 1.29 is 9.90 Å². The second-order valence-corrected chi connectivity index (χ2v) is 3.29. The van der Waals surface area contributed by atoms with Crippen molar-refractivity contribution in [1.82, 2.24) is 4.98 Å². The first kappa shape index (κ1) is 8.80. The molecule has 0 fully saturated rings. The first-order chi connectivity index (χ1) is 6.61. The summed E-state index contributed by atoms with van der Waals surface area (Å²) in [4.78, 5) is 15.1. The number of hydrogen-bond donors (Lipinski definition) is 3. The second-order valence-electron chi connectivity index (χ2n) is 3.29. The Morgan fingerprint density at radius 3 is 3.00 bits per heavy atom. The number of aryl methyl sites for hydroxylation is 1. The minimum atomic E-state index is -1.01. The van der Waals surface area contributed by atoms with Gasteiger partial charge in [0.05, 0.1) is 11.4 Å². The Hall–Kier alpha value is -1.78. The van der Waals surface area contributed by atoms with Gasteiger partial charge in [-0.15, -0.1) is 0 Å². The quantitative estimate of drug-likeness (QED) is 0.609. The number of nitrogens with zero attached hydrogens (tertiary/aromatic N) is 1. The van der Waals surface area contributed by atoms with Crippen LogP contribution in [0.25, 0.3) is 0 Å². The van der Waals surface area contributed by atoms with Crippen LogP contribution in [0.5, 0.6) is 0 Å². The van der Waals surface area contributed by atoms with Crippen LogP contribution < -0.4 is 11.1 Å². The molecule has 0 aliphatic carbocycles. The van der Waals surface area contributed by atoms with Crippen molar-refractivity contribution >= 4 is 17.5 Å². The Labute approximate surface area is 81.0 Å². The maximum absolute atomic E-state index is 10.9. The molecular formula is C9H11N3O2. The Balaban J connectivity index is 2.68. The Bertz CT molecular complexity index is 415. The third-order valence-corrected chi connectivity index (χ3v) is 2.40. The highest BCUT2D eigenvalue weighted by molar-refractivity contribution is 5.96. The van der Waals surface area contributed by atoms with E-state index in [-0.39, 0.29) is 5.56 Å². The number of pyridine rings is 1. The molecule has 0 radical (unpaired) electrons. The molecule has 0 atom stereocenters. The zero-order chi connectivity index (χ0) is 10.3. The van der Waals surface area contributed by atoms with E-state index in [2.05, 4.69) is 10.3 Å². The molecule has 5 nitrogen and oxygen atoms in total. The van der Waals surface area contributed by atoms with Crippen LogP contribution in [0.1, 0.15) is 21.6 Å². The summed E-state index contributed by atoms with van der Waals surface area (Å²) in [5.41, 5.74) is 7.55. The fraction of sp³-hybridized carbons (Fsp3) is 0.333. The largest absolute Gasteiger partial charge is 0.478 e. The highest BCUT2D eigenvalue weighted by Gasteiger charge is 2.22. The first-order valence-electron chi connectivity index (χ1n) is 4.37. The summed E-state index contributed by atoms with van der Waals surface area (Å²) in [5, 5.41) is 12.0. The molecule has 14 heavy (non-hydrogen) atoms. The van der Waals surface area contributed by atoms with Gasteiger partial charge in [0, 0.05) is 12.1 Å². The number of rotatable bonds is 1. The van der Waals surface area contributed by atoms with Crippen molar-refractivity contribution in [3.8, 4) is 0 Å². The lowest BCUT2D eigenvalue weighted by molar-refractivity contribution is 0.0696. The van der Waals surface area contributed by atoms with E-state index in [1.165, 1.54) is 0 Å². The molecular weight excluding hydrogens is 182 g/mol. The van der Waals surface area contributed by atoms with Crippen LogP contribution in [0.4, 0.5) is 11.5 Å². The van der Waals surface area contributed by atoms with E-state index in [1.807, 2.05) is 0 Å². The molecule has 0 aromatic carbocycles.